The van der Waals surface area contributed by atoms with Gasteiger partial charge in [0.2, 0.25) is 6.79 Å². The van der Waals surface area contributed by atoms with Crippen molar-refractivity contribution in [1.82, 2.24) is 4.90 Å². The van der Waals surface area contributed by atoms with E-state index in [-0.39, 0.29) is 18.3 Å². The molecule has 18 heavy (non-hydrogen) atoms. The SMILES string of the molecule is CN(C)C(=O)/C(C#N)=C\c1ccc2c(c1)OCO2. The molecule has 0 saturated heterocycles. The van der Waals surface area contributed by atoms with E-state index in [1.165, 1.54) is 11.0 Å². The molecule has 92 valence electrons. The van der Waals surface area contributed by atoms with Crippen molar-refractivity contribution in [2.75, 3.05) is 20.9 Å². The zero-order chi connectivity index (χ0) is 13.1. The summed E-state index contributed by atoms with van der Waals surface area (Å²) in [7, 11) is 3.21. The highest BCUT2D eigenvalue weighted by molar-refractivity contribution is 6.01. The molecule has 0 aromatic heterocycles. The Morgan fingerprint density at radius 2 is 2.11 bits per heavy atom. The summed E-state index contributed by atoms with van der Waals surface area (Å²) in [4.78, 5) is 13.1. The molecule has 5 nitrogen and oxygen atoms in total. The average Bonchev–Trinajstić information content (AvgIpc) is 2.82. The first-order chi connectivity index (χ1) is 8.61. The predicted octanol–water partition coefficient (Wildman–Crippen LogP) is 1.41. The monoisotopic (exact) mass is 244 g/mol. The summed E-state index contributed by atoms with van der Waals surface area (Å²) in [6.07, 6.45) is 1.53. The van der Waals surface area contributed by atoms with E-state index in [4.69, 9.17) is 14.7 Å². The van der Waals surface area contributed by atoms with Gasteiger partial charge >= 0.3 is 0 Å². The smallest absolute Gasteiger partial charge is 0.264 e. The molecule has 1 aromatic carbocycles. The van der Waals surface area contributed by atoms with Crippen LogP contribution in [0.1, 0.15) is 5.56 Å². The van der Waals surface area contributed by atoms with Gasteiger partial charge in [-0.2, -0.15) is 5.26 Å². The van der Waals surface area contributed by atoms with Gasteiger partial charge in [0.05, 0.1) is 0 Å². The van der Waals surface area contributed by atoms with Crippen LogP contribution in [-0.4, -0.2) is 31.7 Å². The van der Waals surface area contributed by atoms with Gasteiger partial charge in [-0.15, -0.1) is 0 Å². The summed E-state index contributed by atoms with van der Waals surface area (Å²) in [5.41, 5.74) is 0.810. The Hall–Kier alpha value is -2.48. The lowest BCUT2D eigenvalue weighted by Gasteiger charge is -2.08. The lowest BCUT2D eigenvalue weighted by molar-refractivity contribution is -0.124. The van der Waals surface area contributed by atoms with Gasteiger partial charge in [-0.05, 0) is 23.8 Å². The zero-order valence-electron chi connectivity index (χ0n) is 10.1. The third-order valence-corrected chi connectivity index (χ3v) is 2.46. The Labute approximate surface area is 105 Å². The molecule has 5 heteroatoms. The van der Waals surface area contributed by atoms with Crippen molar-refractivity contribution in [3.63, 3.8) is 0 Å². The van der Waals surface area contributed by atoms with E-state index in [0.717, 1.165) is 5.56 Å². The molecular weight excluding hydrogens is 232 g/mol. The summed E-state index contributed by atoms with van der Waals surface area (Å²) in [5, 5.41) is 8.98. The van der Waals surface area contributed by atoms with Crippen LogP contribution in [-0.2, 0) is 4.79 Å². The Kier molecular flexibility index (Phi) is 3.20. The normalized spacial score (nSPS) is 13.1. The van der Waals surface area contributed by atoms with Crippen molar-refractivity contribution in [3.8, 4) is 17.6 Å². The van der Waals surface area contributed by atoms with Crippen molar-refractivity contribution in [2.45, 2.75) is 0 Å². The molecular formula is C13H12N2O3. The number of fused-ring (bicyclic) bond motifs is 1. The molecule has 1 amide bonds. The van der Waals surface area contributed by atoms with Crippen LogP contribution in [0.15, 0.2) is 23.8 Å². The average molecular weight is 244 g/mol. The molecule has 0 unspecified atom stereocenters. The maximum atomic E-state index is 11.7. The number of nitriles is 1. The van der Waals surface area contributed by atoms with E-state index >= 15 is 0 Å². The lowest BCUT2D eigenvalue weighted by Crippen LogP contribution is -2.22. The number of likely N-dealkylation sites (N-methyl/N-ethyl adjacent to an activating group) is 1. The lowest BCUT2D eigenvalue weighted by atomic mass is 10.1. The minimum absolute atomic E-state index is 0.0823. The second-order valence-electron chi connectivity index (χ2n) is 3.98. The van der Waals surface area contributed by atoms with Gasteiger partial charge in [-0.1, -0.05) is 6.07 Å². The number of carbonyl (C=O) groups excluding carboxylic acids is 1. The summed E-state index contributed by atoms with van der Waals surface area (Å²) in [5.74, 6) is 0.970. The third kappa shape index (κ3) is 2.28. The highest BCUT2D eigenvalue weighted by Gasteiger charge is 2.14. The maximum Gasteiger partial charge on any atom is 0.264 e. The first-order valence-electron chi connectivity index (χ1n) is 5.35. The maximum absolute atomic E-state index is 11.7. The van der Waals surface area contributed by atoms with Gasteiger partial charge in [0.1, 0.15) is 11.6 Å². The van der Waals surface area contributed by atoms with E-state index < -0.39 is 0 Å². The second-order valence-corrected chi connectivity index (χ2v) is 3.98. The van der Waals surface area contributed by atoms with Gasteiger partial charge in [-0.25, -0.2) is 0 Å². The number of amides is 1. The summed E-state index contributed by atoms with van der Waals surface area (Å²) >= 11 is 0. The zero-order valence-corrected chi connectivity index (χ0v) is 10.1. The molecule has 0 fully saturated rings. The molecule has 0 N–H and O–H groups in total. The Morgan fingerprint density at radius 1 is 1.39 bits per heavy atom. The van der Waals surface area contributed by atoms with Gasteiger partial charge < -0.3 is 14.4 Å². The van der Waals surface area contributed by atoms with Crippen LogP contribution in [0.5, 0.6) is 11.5 Å². The van der Waals surface area contributed by atoms with Crippen molar-refractivity contribution < 1.29 is 14.3 Å². The molecule has 0 spiro atoms. The topological polar surface area (TPSA) is 62.6 Å². The van der Waals surface area contributed by atoms with Crippen molar-refractivity contribution in [3.05, 3.63) is 29.3 Å². The molecule has 1 aromatic rings. The first kappa shape index (κ1) is 12.0. The fourth-order valence-electron chi connectivity index (χ4n) is 1.55. The van der Waals surface area contributed by atoms with E-state index in [2.05, 4.69) is 0 Å². The standard InChI is InChI=1S/C13H12N2O3/c1-15(2)13(16)10(7-14)5-9-3-4-11-12(6-9)18-8-17-11/h3-6H,8H2,1-2H3/b10-5-. The molecule has 0 saturated carbocycles. The van der Waals surface area contributed by atoms with Gasteiger partial charge in [0.15, 0.2) is 11.5 Å². The van der Waals surface area contributed by atoms with Gasteiger partial charge in [0, 0.05) is 14.1 Å². The fourth-order valence-corrected chi connectivity index (χ4v) is 1.55. The van der Waals surface area contributed by atoms with Crippen LogP contribution < -0.4 is 9.47 Å². The van der Waals surface area contributed by atoms with Gasteiger partial charge in [0.25, 0.3) is 5.91 Å². The van der Waals surface area contributed by atoms with E-state index in [9.17, 15) is 4.79 Å². The van der Waals surface area contributed by atoms with Crippen LogP contribution in [0, 0.1) is 11.3 Å². The number of rotatable bonds is 2. The molecule has 1 aliphatic heterocycles. The van der Waals surface area contributed by atoms with Crippen molar-refractivity contribution >= 4 is 12.0 Å². The number of carbonyl (C=O) groups is 1. The quantitative estimate of drug-likeness (QED) is 0.583. The first-order valence-corrected chi connectivity index (χ1v) is 5.35. The predicted molar refractivity (Wildman–Crippen MR) is 64.8 cm³/mol. The van der Waals surface area contributed by atoms with Crippen LogP contribution >= 0.6 is 0 Å². The van der Waals surface area contributed by atoms with Crippen LogP contribution in [0.25, 0.3) is 6.08 Å². The van der Waals surface area contributed by atoms with Gasteiger partial charge in [-0.3, -0.25) is 4.79 Å². The molecule has 2 rings (SSSR count). The number of benzene rings is 1. The largest absolute Gasteiger partial charge is 0.454 e. The molecule has 0 bridgehead atoms. The number of hydrogen-bond donors (Lipinski definition) is 0. The molecule has 1 aliphatic rings. The number of hydrogen-bond acceptors (Lipinski definition) is 4. The van der Waals surface area contributed by atoms with Crippen LogP contribution in [0.4, 0.5) is 0 Å². The van der Waals surface area contributed by atoms with Crippen molar-refractivity contribution in [2.24, 2.45) is 0 Å². The Balaban J connectivity index is 2.32. The van der Waals surface area contributed by atoms with E-state index in [1.54, 1.807) is 32.3 Å². The van der Waals surface area contributed by atoms with E-state index in [0.29, 0.717) is 11.5 Å². The molecule has 0 radical (unpaired) electrons. The van der Waals surface area contributed by atoms with Crippen LogP contribution in [0.3, 0.4) is 0 Å². The van der Waals surface area contributed by atoms with Crippen LogP contribution in [0.2, 0.25) is 0 Å². The highest BCUT2D eigenvalue weighted by atomic mass is 16.7. The summed E-state index contributed by atoms with van der Waals surface area (Å²) in [6, 6.07) is 7.16. The van der Waals surface area contributed by atoms with Crippen molar-refractivity contribution in [1.29, 1.82) is 5.26 Å². The molecule has 0 aliphatic carbocycles. The molecule has 1 heterocycles. The summed E-state index contributed by atoms with van der Waals surface area (Å²) in [6.45, 7) is 0.199. The van der Waals surface area contributed by atoms with E-state index in [1.807, 2.05) is 6.07 Å². The minimum Gasteiger partial charge on any atom is -0.454 e. The number of nitrogens with zero attached hydrogens (tertiary/aromatic N) is 2. The minimum atomic E-state index is -0.324. The fraction of sp³-hybridized carbons (Fsp3) is 0.231. The third-order valence-electron chi connectivity index (χ3n) is 2.46. The highest BCUT2D eigenvalue weighted by Crippen LogP contribution is 2.33. The second kappa shape index (κ2) is 4.80. The molecule has 0 atom stereocenters. The Morgan fingerprint density at radius 3 is 2.78 bits per heavy atom. The number of ether oxygens (including phenoxy) is 2. The Bertz CT molecular complexity index is 556. The summed E-state index contributed by atoms with van der Waals surface area (Å²) < 4.78 is 10.4.